The highest BCUT2D eigenvalue weighted by molar-refractivity contribution is 7.07. The molecule has 0 unspecified atom stereocenters. The lowest BCUT2D eigenvalue weighted by Crippen LogP contribution is -2.39. The maximum atomic E-state index is 14.0. The van der Waals surface area contributed by atoms with E-state index in [1.165, 1.54) is 11.3 Å². The van der Waals surface area contributed by atoms with Gasteiger partial charge in [0, 0.05) is 35.4 Å². The summed E-state index contributed by atoms with van der Waals surface area (Å²) in [5.74, 6) is 0.522. The molecule has 8 nitrogen and oxygen atoms in total. The fourth-order valence-electron chi connectivity index (χ4n) is 4.90. The number of carbonyl (C=O) groups is 1. The predicted octanol–water partition coefficient (Wildman–Crippen LogP) is 5.76. The van der Waals surface area contributed by atoms with Gasteiger partial charge in [0.25, 0.3) is 5.56 Å². The summed E-state index contributed by atoms with van der Waals surface area (Å²) in [6, 6.07) is 17.7. The first-order chi connectivity index (χ1) is 21.1. The molecule has 1 aliphatic heterocycles. The Balaban J connectivity index is 1.53. The Hall–Kier alpha value is -4.05. The number of benzene rings is 3. The van der Waals surface area contributed by atoms with Crippen molar-refractivity contribution in [2.45, 2.75) is 26.5 Å². The van der Waals surface area contributed by atoms with Crippen LogP contribution in [-0.4, -0.2) is 38.3 Å². The molecule has 0 saturated heterocycles. The standard InChI is InChI=1S/C33H31Cl2N3O5S/c1-6-42-32(40)29-19(2)36-33-38(30(29)21-9-12-24(13-10-21)37(3)4)31(39)28(44-33)16-20-7-14-26(27(15-20)41-5)43-18-22-8-11-23(34)17-25(22)35/h7-17,30H,6,18H2,1-5H3/b28-16-/t30-/m1/s1. The molecular weight excluding hydrogens is 621 g/mol. The highest BCUT2D eigenvalue weighted by Crippen LogP contribution is 2.33. The lowest BCUT2D eigenvalue weighted by Gasteiger charge is -2.25. The van der Waals surface area contributed by atoms with Crippen LogP contribution in [0.1, 0.15) is 36.6 Å². The number of hydrogen-bond donors (Lipinski definition) is 0. The number of allylic oxidation sites excluding steroid dienone is 1. The van der Waals surface area contributed by atoms with Gasteiger partial charge in [0.1, 0.15) is 6.61 Å². The van der Waals surface area contributed by atoms with Crippen LogP contribution in [0.3, 0.4) is 0 Å². The Morgan fingerprint density at radius 1 is 1.07 bits per heavy atom. The Morgan fingerprint density at radius 3 is 2.48 bits per heavy atom. The third-order valence-electron chi connectivity index (χ3n) is 7.13. The Bertz CT molecular complexity index is 1930. The van der Waals surface area contributed by atoms with Gasteiger partial charge in [-0.05, 0) is 67.4 Å². The molecule has 44 heavy (non-hydrogen) atoms. The number of carbonyl (C=O) groups excluding carboxylic acids is 1. The minimum atomic E-state index is -0.686. The number of methoxy groups -OCH3 is 1. The predicted molar refractivity (Wildman–Crippen MR) is 175 cm³/mol. The molecule has 3 aromatic carbocycles. The molecule has 1 aromatic heterocycles. The molecule has 4 aromatic rings. The van der Waals surface area contributed by atoms with Crippen molar-refractivity contribution in [3.05, 3.63) is 118 Å². The van der Waals surface area contributed by atoms with E-state index < -0.39 is 12.0 Å². The van der Waals surface area contributed by atoms with Crippen molar-refractivity contribution in [1.82, 2.24) is 4.57 Å². The van der Waals surface area contributed by atoms with Crippen molar-refractivity contribution < 1.29 is 19.0 Å². The molecule has 0 saturated carbocycles. The number of anilines is 1. The smallest absolute Gasteiger partial charge is 0.338 e. The third-order valence-corrected chi connectivity index (χ3v) is 8.70. The molecule has 0 fully saturated rings. The lowest BCUT2D eigenvalue weighted by molar-refractivity contribution is -0.139. The van der Waals surface area contributed by atoms with Gasteiger partial charge in [-0.1, -0.05) is 58.8 Å². The SMILES string of the molecule is CCOC(=O)C1=C(C)N=c2s/c(=C\c3ccc(OCc4ccc(Cl)cc4Cl)c(OC)c3)c(=O)n2[C@@H]1c1ccc(N(C)C)cc1. The molecule has 0 amide bonds. The van der Waals surface area contributed by atoms with Crippen LogP contribution in [-0.2, 0) is 16.1 Å². The zero-order valence-electron chi connectivity index (χ0n) is 24.9. The van der Waals surface area contributed by atoms with Crippen molar-refractivity contribution in [1.29, 1.82) is 0 Å². The zero-order chi connectivity index (χ0) is 31.5. The van der Waals surface area contributed by atoms with E-state index in [4.69, 9.17) is 37.4 Å². The molecule has 0 N–H and O–H groups in total. The highest BCUT2D eigenvalue weighted by Gasteiger charge is 2.33. The van der Waals surface area contributed by atoms with Crippen molar-refractivity contribution in [3.8, 4) is 11.5 Å². The van der Waals surface area contributed by atoms with Crippen molar-refractivity contribution >= 4 is 52.3 Å². The first kappa shape index (κ1) is 31.4. The van der Waals surface area contributed by atoms with Gasteiger partial charge in [-0.25, -0.2) is 9.79 Å². The van der Waals surface area contributed by atoms with Crippen molar-refractivity contribution in [3.63, 3.8) is 0 Å². The van der Waals surface area contributed by atoms with Gasteiger partial charge in [0.05, 0.1) is 35.6 Å². The van der Waals surface area contributed by atoms with Crippen LogP contribution in [0.4, 0.5) is 5.69 Å². The molecule has 1 atom stereocenters. The summed E-state index contributed by atoms with van der Waals surface area (Å²) in [6.07, 6.45) is 1.78. The largest absolute Gasteiger partial charge is 0.493 e. The second-order valence-electron chi connectivity index (χ2n) is 10.2. The quantitative estimate of drug-likeness (QED) is 0.214. The number of rotatable bonds is 9. The maximum absolute atomic E-state index is 14.0. The van der Waals surface area contributed by atoms with Crippen LogP contribution in [0, 0.1) is 0 Å². The molecule has 11 heteroatoms. The molecule has 0 bridgehead atoms. The van der Waals surface area contributed by atoms with Crippen LogP contribution in [0.25, 0.3) is 6.08 Å². The highest BCUT2D eigenvalue weighted by atomic mass is 35.5. The Labute approximate surface area is 269 Å². The number of halogens is 2. The maximum Gasteiger partial charge on any atom is 0.338 e. The van der Waals surface area contributed by atoms with E-state index in [-0.39, 0.29) is 18.8 Å². The molecule has 2 heterocycles. The molecule has 0 spiro atoms. The molecular formula is C33H31Cl2N3O5S. The summed E-state index contributed by atoms with van der Waals surface area (Å²) in [7, 11) is 5.46. The summed E-state index contributed by atoms with van der Waals surface area (Å²) in [5.41, 5.74) is 3.89. The molecule has 228 valence electrons. The van der Waals surface area contributed by atoms with E-state index >= 15 is 0 Å². The van der Waals surface area contributed by atoms with E-state index in [2.05, 4.69) is 4.99 Å². The normalized spacial score (nSPS) is 14.6. The molecule has 5 rings (SSSR count). The topological polar surface area (TPSA) is 82.4 Å². The lowest BCUT2D eigenvalue weighted by atomic mass is 9.95. The average Bonchev–Trinajstić information content (AvgIpc) is 3.30. The van der Waals surface area contributed by atoms with Gasteiger partial charge in [-0.15, -0.1) is 0 Å². The molecule has 0 radical (unpaired) electrons. The van der Waals surface area contributed by atoms with E-state index in [9.17, 15) is 9.59 Å². The monoisotopic (exact) mass is 651 g/mol. The first-order valence-electron chi connectivity index (χ1n) is 13.8. The van der Waals surface area contributed by atoms with Gasteiger partial charge in [0.2, 0.25) is 0 Å². The third kappa shape index (κ3) is 6.40. The van der Waals surface area contributed by atoms with E-state index in [1.807, 2.05) is 55.4 Å². The van der Waals surface area contributed by atoms with E-state index in [1.54, 1.807) is 55.9 Å². The van der Waals surface area contributed by atoms with Gasteiger partial charge in [-0.2, -0.15) is 0 Å². The number of hydrogen-bond acceptors (Lipinski definition) is 8. The van der Waals surface area contributed by atoms with Crippen LogP contribution in [0.15, 0.2) is 81.7 Å². The Morgan fingerprint density at radius 2 is 1.82 bits per heavy atom. The average molecular weight is 653 g/mol. The second kappa shape index (κ2) is 13.3. The zero-order valence-corrected chi connectivity index (χ0v) is 27.2. The van der Waals surface area contributed by atoms with E-state index in [0.29, 0.717) is 42.1 Å². The Kier molecular flexibility index (Phi) is 9.48. The molecule has 0 aliphatic carbocycles. The summed E-state index contributed by atoms with van der Waals surface area (Å²) in [5, 5.41) is 1.06. The van der Waals surface area contributed by atoms with Gasteiger partial charge >= 0.3 is 5.97 Å². The van der Waals surface area contributed by atoms with Gasteiger partial charge < -0.3 is 19.1 Å². The van der Waals surface area contributed by atoms with Crippen molar-refractivity contribution in [2.24, 2.45) is 4.99 Å². The number of ether oxygens (including phenoxy) is 3. The van der Waals surface area contributed by atoms with Crippen LogP contribution < -0.4 is 29.3 Å². The number of esters is 1. The van der Waals surface area contributed by atoms with E-state index in [0.717, 1.165) is 22.4 Å². The minimum absolute atomic E-state index is 0.209. The van der Waals surface area contributed by atoms with Crippen LogP contribution in [0.2, 0.25) is 10.0 Å². The number of nitrogens with zero attached hydrogens (tertiary/aromatic N) is 3. The number of thiazole rings is 1. The first-order valence-corrected chi connectivity index (χ1v) is 15.4. The summed E-state index contributed by atoms with van der Waals surface area (Å²) < 4.78 is 19.0. The summed E-state index contributed by atoms with van der Waals surface area (Å²) >= 11 is 13.6. The van der Waals surface area contributed by atoms with Gasteiger partial charge in [-0.3, -0.25) is 9.36 Å². The molecule has 1 aliphatic rings. The van der Waals surface area contributed by atoms with Crippen LogP contribution in [0.5, 0.6) is 11.5 Å². The minimum Gasteiger partial charge on any atom is -0.493 e. The summed E-state index contributed by atoms with van der Waals surface area (Å²) in [4.78, 5) is 34.3. The number of fused-ring (bicyclic) bond motifs is 1. The second-order valence-corrected chi connectivity index (χ2v) is 12.1. The fraction of sp³-hybridized carbons (Fsp3) is 0.242. The van der Waals surface area contributed by atoms with Gasteiger partial charge in [0.15, 0.2) is 16.3 Å². The summed E-state index contributed by atoms with van der Waals surface area (Å²) in [6.45, 7) is 3.95. The van der Waals surface area contributed by atoms with Crippen molar-refractivity contribution in [2.75, 3.05) is 32.7 Å². The van der Waals surface area contributed by atoms with Crippen LogP contribution >= 0.6 is 34.5 Å². The number of aromatic nitrogens is 1. The fourth-order valence-corrected chi connectivity index (χ4v) is 6.41.